The van der Waals surface area contributed by atoms with E-state index < -0.39 is 5.82 Å². The van der Waals surface area contributed by atoms with Gasteiger partial charge >= 0.3 is 0 Å². The van der Waals surface area contributed by atoms with Crippen LogP contribution in [0.3, 0.4) is 0 Å². The fourth-order valence-electron chi connectivity index (χ4n) is 7.29. The summed E-state index contributed by atoms with van der Waals surface area (Å²) in [4.78, 5) is 21.0. The Balaban J connectivity index is 1.32. The van der Waals surface area contributed by atoms with Crippen molar-refractivity contribution in [2.75, 3.05) is 45.8 Å². The Kier molecular flexibility index (Phi) is 9.86. The number of aryl methyl sites for hydroxylation is 2. The first-order valence-corrected chi connectivity index (χ1v) is 16.0. The second kappa shape index (κ2) is 13.4. The predicted molar refractivity (Wildman–Crippen MR) is 163 cm³/mol. The maximum absolute atomic E-state index is 14.6. The highest BCUT2D eigenvalue weighted by atomic mass is 35.5. The van der Waals surface area contributed by atoms with Crippen molar-refractivity contribution in [3.8, 4) is 0 Å². The molecular formula is C34H47ClFN3O. The van der Waals surface area contributed by atoms with E-state index in [1.807, 2.05) is 4.90 Å². The number of hydrogen-bond donors (Lipinski definition) is 0. The lowest BCUT2D eigenvalue weighted by Crippen LogP contribution is -2.52. The summed E-state index contributed by atoms with van der Waals surface area (Å²) >= 11 is 6.30. The highest BCUT2D eigenvalue weighted by Crippen LogP contribution is 2.38. The van der Waals surface area contributed by atoms with Crippen LogP contribution in [0.15, 0.2) is 36.4 Å². The molecule has 0 unspecified atom stereocenters. The minimum atomic E-state index is -0.400. The number of carbonyl (C=O) groups is 1. The molecule has 1 atom stereocenters. The third-order valence-corrected chi connectivity index (χ3v) is 10.4. The van der Waals surface area contributed by atoms with Crippen LogP contribution in [0.25, 0.3) is 0 Å². The Morgan fingerprint density at radius 2 is 1.73 bits per heavy atom. The maximum atomic E-state index is 14.6. The molecule has 0 radical (unpaired) electrons. The van der Waals surface area contributed by atoms with Crippen molar-refractivity contribution in [3.63, 3.8) is 0 Å². The van der Waals surface area contributed by atoms with Gasteiger partial charge in [0.15, 0.2) is 0 Å². The van der Waals surface area contributed by atoms with Crippen LogP contribution in [0.1, 0.15) is 80.0 Å². The average molecular weight is 568 g/mol. The highest BCUT2D eigenvalue weighted by molar-refractivity contribution is 6.31. The van der Waals surface area contributed by atoms with Gasteiger partial charge in [0.05, 0.1) is 6.42 Å². The number of hydrogen-bond acceptors (Lipinski definition) is 3. The summed E-state index contributed by atoms with van der Waals surface area (Å²) in [5, 5.41) is 0.330. The molecule has 40 heavy (non-hydrogen) atoms. The molecule has 2 aliphatic heterocycles. The quantitative estimate of drug-likeness (QED) is 0.363. The van der Waals surface area contributed by atoms with E-state index in [-0.39, 0.29) is 17.7 Å². The van der Waals surface area contributed by atoms with Crippen molar-refractivity contribution >= 4 is 17.5 Å². The van der Waals surface area contributed by atoms with Gasteiger partial charge in [0.1, 0.15) is 5.82 Å². The van der Waals surface area contributed by atoms with Crippen LogP contribution < -0.4 is 0 Å². The Labute approximate surface area is 245 Å². The van der Waals surface area contributed by atoms with Gasteiger partial charge in [-0.1, -0.05) is 61.5 Å². The summed E-state index contributed by atoms with van der Waals surface area (Å²) in [6.07, 6.45) is 11.1. The van der Waals surface area contributed by atoms with Crippen LogP contribution in [-0.4, -0.2) is 72.5 Å². The Bertz CT molecular complexity index is 1140. The first-order valence-electron chi connectivity index (χ1n) is 15.6. The van der Waals surface area contributed by atoms with Crippen LogP contribution in [0.2, 0.25) is 5.02 Å². The lowest BCUT2D eigenvalue weighted by atomic mass is 9.73. The Morgan fingerprint density at radius 3 is 2.45 bits per heavy atom. The third-order valence-electron chi connectivity index (χ3n) is 10.1. The number of piperazine rings is 1. The second-order valence-electron chi connectivity index (χ2n) is 12.6. The number of amides is 1. The first kappa shape index (κ1) is 29.5. The summed E-state index contributed by atoms with van der Waals surface area (Å²) < 4.78 is 14.6. The predicted octanol–water partition coefficient (Wildman–Crippen LogP) is 6.93. The van der Waals surface area contributed by atoms with E-state index in [1.165, 1.54) is 68.0 Å². The van der Waals surface area contributed by atoms with Crippen molar-refractivity contribution in [1.29, 1.82) is 0 Å². The van der Waals surface area contributed by atoms with E-state index in [4.69, 9.17) is 11.6 Å². The van der Waals surface area contributed by atoms with Gasteiger partial charge in [-0.3, -0.25) is 9.69 Å². The van der Waals surface area contributed by atoms with Crippen molar-refractivity contribution in [1.82, 2.24) is 14.7 Å². The van der Waals surface area contributed by atoms with E-state index in [2.05, 4.69) is 41.8 Å². The number of likely N-dealkylation sites (tertiary alicyclic amines) is 1. The largest absolute Gasteiger partial charge is 0.342 e. The van der Waals surface area contributed by atoms with Gasteiger partial charge in [0.2, 0.25) is 5.91 Å². The van der Waals surface area contributed by atoms with Crippen molar-refractivity contribution in [3.05, 3.63) is 69.5 Å². The number of halogens is 2. The molecule has 2 aromatic rings. The fourth-order valence-corrected chi connectivity index (χ4v) is 7.52. The number of rotatable bonds is 7. The first-order chi connectivity index (χ1) is 19.3. The van der Waals surface area contributed by atoms with E-state index in [0.717, 1.165) is 57.9 Å². The van der Waals surface area contributed by atoms with E-state index in [1.54, 1.807) is 12.1 Å². The molecular weight excluding hydrogens is 521 g/mol. The highest BCUT2D eigenvalue weighted by Gasteiger charge is 2.38. The summed E-state index contributed by atoms with van der Waals surface area (Å²) in [7, 11) is 0. The molecule has 6 heteroatoms. The van der Waals surface area contributed by atoms with E-state index >= 15 is 0 Å². The number of benzene rings is 2. The SMILES string of the molecule is Cc1ccc([C@@]2(CCN3CCN(C4CCCCC4)CC3)CCCCN(C(=O)Cc3c(F)cccc3Cl)C2)cc1C. The second-order valence-corrected chi connectivity index (χ2v) is 13.1. The van der Waals surface area contributed by atoms with Gasteiger partial charge in [-0.15, -0.1) is 0 Å². The zero-order valence-corrected chi connectivity index (χ0v) is 25.3. The molecule has 4 nitrogen and oxygen atoms in total. The van der Waals surface area contributed by atoms with Gasteiger partial charge in [0, 0.05) is 61.3 Å². The molecule has 3 aliphatic rings. The third kappa shape index (κ3) is 6.91. The average Bonchev–Trinajstić information content (AvgIpc) is 3.20. The van der Waals surface area contributed by atoms with E-state index in [0.29, 0.717) is 17.1 Å². The van der Waals surface area contributed by atoms with Crippen molar-refractivity contribution in [2.45, 2.75) is 89.5 Å². The van der Waals surface area contributed by atoms with Gasteiger partial charge in [-0.2, -0.15) is 0 Å². The molecule has 5 rings (SSSR count). The number of carbonyl (C=O) groups excluding carboxylic acids is 1. The zero-order chi connectivity index (χ0) is 28.1. The van der Waals surface area contributed by atoms with Crippen molar-refractivity contribution < 1.29 is 9.18 Å². The summed E-state index contributed by atoms with van der Waals surface area (Å²) in [6, 6.07) is 12.3. The summed E-state index contributed by atoms with van der Waals surface area (Å²) in [6.45, 7) is 11.4. The molecule has 3 fully saturated rings. The van der Waals surface area contributed by atoms with Gasteiger partial charge < -0.3 is 9.80 Å². The molecule has 0 aromatic heterocycles. The smallest absolute Gasteiger partial charge is 0.227 e. The lowest BCUT2D eigenvalue weighted by Gasteiger charge is -2.43. The van der Waals surface area contributed by atoms with Crippen LogP contribution in [-0.2, 0) is 16.6 Å². The lowest BCUT2D eigenvalue weighted by molar-refractivity contribution is -0.131. The summed E-state index contributed by atoms with van der Waals surface area (Å²) in [5.74, 6) is -0.424. The topological polar surface area (TPSA) is 26.8 Å². The molecule has 0 N–H and O–H groups in total. The van der Waals surface area contributed by atoms with Crippen LogP contribution in [0.4, 0.5) is 4.39 Å². The minimum Gasteiger partial charge on any atom is -0.342 e. The number of nitrogens with zero attached hydrogens (tertiary/aromatic N) is 3. The maximum Gasteiger partial charge on any atom is 0.227 e. The molecule has 0 spiro atoms. The molecule has 0 bridgehead atoms. The Morgan fingerprint density at radius 1 is 0.950 bits per heavy atom. The molecule has 2 aromatic carbocycles. The monoisotopic (exact) mass is 567 g/mol. The van der Waals surface area contributed by atoms with Gasteiger partial charge in [0.25, 0.3) is 0 Å². The van der Waals surface area contributed by atoms with Crippen LogP contribution >= 0.6 is 11.6 Å². The van der Waals surface area contributed by atoms with Gasteiger partial charge in [-0.05, 0) is 81.3 Å². The zero-order valence-electron chi connectivity index (χ0n) is 24.6. The fraction of sp³-hybridized carbons (Fsp3) is 0.618. The molecule has 1 amide bonds. The summed E-state index contributed by atoms with van der Waals surface area (Å²) in [5.41, 5.74) is 4.15. The molecule has 218 valence electrons. The van der Waals surface area contributed by atoms with Gasteiger partial charge in [-0.25, -0.2) is 4.39 Å². The van der Waals surface area contributed by atoms with Crippen LogP contribution in [0, 0.1) is 19.7 Å². The van der Waals surface area contributed by atoms with Crippen molar-refractivity contribution in [2.24, 2.45) is 0 Å². The Hall–Kier alpha value is -1.95. The molecule has 1 saturated carbocycles. The standard InChI is InChI=1S/C34H47ClFN3O/c1-26-13-14-28(23-27(26)2)34(16-18-37-19-21-38(22-20-37)29-9-4-3-5-10-29)15-6-7-17-39(25-34)33(40)24-30-31(35)11-8-12-32(30)36/h8,11-14,23,29H,3-7,9-10,15-22,24-25H2,1-2H3/t34-/m1/s1. The van der Waals surface area contributed by atoms with E-state index in [9.17, 15) is 9.18 Å². The molecule has 2 saturated heterocycles. The van der Waals surface area contributed by atoms with Crippen LogP contribution in [0.5, 0.6) is 0 Å². The molecule has 2 heterocycles. The normalized spacial score (nSPS) is 23.8. The minimum absolute atomic E-state index is 0.0115. The molecule has 1 aliphatic carbocycles.